The quantitative estimate of drug-likeness (QED) is 0.909. The number of aryl methyl sites for hydroxylation is 1. The molecule has 15 heavy (non-hydrogen) atoms. The standard InChI is InChI=1S/C10H17BrN4/c1-7(15(3)4)5-13-10-9(11)6-12-8(2)14-10/h6-7H,5H2,1-4H3,(H,12,13,14). The first kappa shape index (κ1) is 12.4. The van der Waals surface area contributed by atoms with Crippen LogP contribution in [0, 0.1) is 6.92 Å². The van der Waals surface area contributed by atoms with E-state index in [4.69, 9.17) is 0 Å². The molecule has 0 aromatic carbocycles. The van der Waals surface area contributed by atoms with Gasteiger partial charge >= 0.3 is 0 Å². The molecule has 1 atom stereocenters. The summed E-state index contributed by atoms with van der Waals surface area (Å²) in [7, 11) is 4.12. The summed E-state index contributed by atoms with van der Waals surface area (Å²) in [6.07, 6.45) is 1.77. The Morgan fingerprint density at radius 2 is 2.20 bits per heavy atom. The van der Waals surface area contributed by atoms with Crippen LogP contribution in [0.3, 0.4) is 0 Å². The normalized spacial score (nSPS) is 12.9. The van der Waals surface area contributed by atoms with Crippen molar-refractivity contribution < 1.29 is 0 Å². The van der Waals surface area contributed by atoms with Crippen LogP contribution in [0.1, 0.15) is 12.7 Å². The molecule has 0 radical (unpaired) electrons. The zero-order chi connectivity index (χ0) is 11.4. The Morgan fingerprint density at radius 3 is 2.80 bits per heavy atom. The molecule has 1 N–H and O–H groups in total. The van der Waals surface area contributed by atoms with E-state index in [0.717, 1.165) is 22.7 Å². The number of nitrogens with one attached hydrogen (secondary N) is 1. The van der Waals surface area contributed by atoms with Crippen LogP contribution in [0.5, 0.6) is 0 Å². The number of hydrogen-bond donors (Lipinski definition) is 1. The molecule has 0 bridgehead atoms. The molecule has 0 amide bonds. The van der Waals surface area contributed by atoms with Gasteiger partial charge in [-0.1, -0.05) is 0 Å². The Bertz CT molecular complexity index is 327. The Kier molecular flexibility index (Phi) is 4.47. The Labute approximate surface area is 99.2 Å². The lowest BCUT2D eigenvalue weighted by Gasteiger charge is -2.20. The monoisotopic (exact) mass is 272 g/mol. The summed E-state index contributed by atoms with van der Waals surface area (Å²) >= 11 is 3.42. The van der Waals surface area contributed by atoms with Crippen molar-refractivity contribution in [1.82, 2.24) is 14.9 Å². The molecule has 5 heteroatoms. The summed E-state index contributed by atoms with van der Waals surface area (Å²) in [6, 6.07) is 0.465. The number of hydrogen-bond acceptors (Lipinski definition) is 4. The molecule has 0 saturated heterocycles. The smallest absolute Gasteiger partial charge is 0.144 e. The molecule has 4 nitrogen and oxygen atoms in total. The lowest BCUT2D eigenvalue weighted by Crippen LogP contribution is -2.31. The van der Waals surface area contributed by atoms with Crippen LogP contribution in [0.15, 0.2) is 10.7 Å². The van der Waals surface area contributed by atoms with Crippen LogP contribution in [0.4, 0.5) is 5.82 Å². The summed E-state index contributed by atoms with van der Waals surface area (Å²) in [5, 5.41) is 3.30. The SMILES string of the molecule is Cc1ncc(Br)c(NCC(C)N(C)C)n1. The number of aromatic nitrogens is 2. The zero-order valence-electron chi connectivity index (χ0n) is 9.58. The van der Waals surface area contributed by atoms with Crippen LogP contribution in [-0.2, 0) is 0 Å². The van der Waals surface area contributed by atoms with Gasteiger partial charge in [0.2, 0.25) is 0 Å². The third-order valence-electron chi connectivity index (χ3n) is 2.31. The average Bonchev–Trinajstić information content (AvgIpc) is 2.18. The summed E-state index contributed by atoms with van der Waals surface area (Å²) in [6.45, 7) is 4.91. The van der Waals surface area contributed by atoms with Crippen LogP contribution in [0.2, 0.25) is 0 Å². The van der Waals surface area contributed by atoms with Crippen molar-refractivity contribution in [3.8, 4) is 0 Å². The van der Waals surface area contributed by atoms with Crippen molar-refractivity contribution in [2.45, 2.75) is 19.9 Å². The fraction of sp³-hybridized carbons (Fsp3) is 0.600. The average molecular weight is 273 g/mol. The van der Waals surface area contributed by atoms with E-state index in [2.05, 4.69) is 57.1 Å². The van der Waals surface area contributed by atoms with E-state index in [-0.39, 0.29) is 0 Å². The number of anilines is 1. The van der Waals surface area contributed by atoms with E-state index >= 15 is 0 Å². The first-order valence-electron chi connectivity index (χ1n) is 4.90. The van der Waals surface area contributed by atoms with Gasteiger partial charge in [0, 0.05) is 18.8 Å². The van der Waals surface area contributed by atoms with E-state index in [1.165, 1.54) is 0 Å². The number of likely N-dealkylation sites (N-methyl/N-ethyl adjacent to an activating group) is 1. The maximum atomic E-state index is 4.32. The minimum Gasteiger partial charge on any atom is -0.367 e. The van der Waals surface area contributed by atoms with Crippen LogP contribution < -0.4 is 5.32 Å². The fourth-order valence-electron chi connectivity index (χ4n) is 1.01. The minimum atomic E-state index is 0.465. The molecule has 1 aromatic heterocycles. The maximum absolute atomic E-state index is 4.32. The minimum absolute atomic E-state index is 0.465. The third kappa shape index (κ3) is 3.76. The van der Waals surface area contributed by atoms with E-state index in [0.29, 0.717) is 6.04 Å². The van der Waals surface area contributed by atoms with Crippen molar-refractivity contribution in [3.05, 3.63) is 16.5 Å². The molecular weight excluding hydrogens is 256 g/mol. The predicted molar refractivity (Wildman–Crippen MR) is 66.1 cm³/mol. The first-order chi connectivity index (χ1) is 7.00. The summed E-state index contributed by atoms with van der Waals surface area (Å²) < 4.78 is 0.902. The second kappa shape index (κ2) is 5.42. The lowest BCUT2D eigenvalue weighted by atomic mass is 10.3. The van der Waals surface area contributed by atoms with Gasteiger partial charge in [0.1, 0.15) is 11.6 Å². The zero-order valence-corrected chi connectivity index (χ0v) is 11.2. The van der Waals surface area contributed by atoms with E-state index in [1.807, 2.05) is 6.92 Å². The number of nitrogens with zero attached hydrogens (tertiary/aromatic N) is 3. The molecule has 0 aliphatic carbocycles. The highest BCUT2D eigenvalue weighted by Crippen LogP contribution is 2.18. The highest BCUT2D eigenvalue weighted by molar-refractivity contribution is 9.10. The van der Waals surface area contributed by atoms with Crippen LogP contribution in [-0.4, -0.2) is 41.5 Å². The van der Waals surface area contributed by atoms with Gasteiger partial charge in [0.25, 0.3) is 0 Å². The molecule has 0 spiro atoms. The molecule has 1 heterocycles. The van der Waals surface area contributed by atoms with Gasteiger partial charge in [-0.2, -0.15) is 0 Å². The number of rotatable bonds is 4. The fourth-order valence-corrected chi connectivity index (χ4v) is 1.34. The van der Waals surface area contributed by atoms with E-state index in [1.54, 1.807) is 6.20 Å². The Hall–Kier alpha value is -0.680. The van der Waals surface area contributed by atoms with Crippen molar-refractivity contribution in [2.24, 2.45) is 0 Å². The summed E-state index contributed by atoms with van der Waals surface area (Å²) in [5.41, 5.74) is 0. The van der Waals surface area contributed by atoms with Gasteiger partial charge in [0.15, 0.2) is 0 Å². The molecule has 1 rings (SSSR count). The summed E-state index contributed by atoms with van der Waals surface area (Å²) in [5.74, 6) is 1.63. The number of halogens is 1. The van der Waals surface area contributed by atoms with Gasteiger partial charge in [0.05, 0.1) is 4.47 Å². The predicted octanol–water partition coefficient (Wildman–Crippen LogP) is 1.91. The summed E-state index contributed by atoms with van der Waals surface area (Å²) in [4.78, 5) is 10.6. The second-order valence-electron chi connectivity index (χ2n) is 3.81. The van der Waals surface area contributed by atoms with Crippen molar-refractivity contribution >= 4 is 21.7 Å². The van der Waals surface area contributed by atoms with Gasteiger partial charge in [-0.25, -0.2) is 9.97 Å². The van der Waals surface area contributed by atoms with Crippen LogP contribution >= 0.6 is 15.9 Å². The van der Waals surface area contributed by atoms with E-state index in [9.17, 15) is 0 Å². The molecule has 0 saturated carbocycles. The van der Waals surface area contributed by atoms with Gasteiger partial charge in [-0.15, -0.1) is 0 Å². The largest absolute Gasteiger partial charge is 0.367 e. The van der Waals surface area contributed by atoms with Gasteiger partial charge in [-0.3, -0.25) is 0 Å². The van der Waals surface area contributed by atoms with Crippen LogP contribution in [0.25, 0.3) is 0 Å². The Morgan fingerprint density at radius 1 is 1.53 bits per heavy atom. The first-order valence-corrected chi connectivity index (χ1v) is 5.69. The van der Waals surface area contributed by atoms with Gasteiger partial charge < -0.3 is 10.2 Å². The molecule has 1 aromatic rings. The van der Waals surface area contributed by atoms with Crippen molar-refractivity contribution in [2.75, 3.05) is 26.0 Å². The molecule has 0 aliphatic heterocycles. The molecule has 0 fully saturated rings. The highest BCUT2D eigenvalue weighted by Gasteiger charge is 2.06. The molecule has 0 aliphatic rings. The van der Waals surface area contributed by atoms with Crippen molar-refractivity contribution in [3.63, 3.8) is 0 Å². The second-order valence-corrected chi connectivity index (χ2v) is 4.66. The highest BCUT2D eigenvalue weighted by atomic mass is 79.9. The van der Waals surface area contributed by atoms with Crippen molar-refractivity contribution in [1.29, 1.82) is 0 Å². The molecular formula is C10H17BrN4. The molecule has 84 valence electrons. The lowest BCUT2D eigenvalue weighted by molar-refractivity contribution is 0.326. The topological polar surface area (TPSA) is 41.1 Å². The van der Waals surface area contributed by atoms with Gasteiger partial charge in [-0.05, 0) is 43.9 Å². The van der Waals surface area contributed by atoms with E-state index < -0.39 is 0 Å². The Balaban J connectivity index is 2.61. The third-order valence-corrected chi connectivity index (χ3v) is 2.89. The molecule has 1 unspecified atom stereocenters. The maximum Gasteiger partial charge on any atom is 0.144 e.